The minimum Gasteiger partial charge on any atom is -0.309 e. The van der Waals surface area contributed by atoms with Gasteiger partial charge in [0.25, 0.3) is 5.56 Å². The second kappa shape index (κ2) is 5.34. The Morgan fingerprint density at radius 1 is 1.29 bits per heavy atom. The molecule has 1 heterocycles. The fraction of sp³-hybridized carbons (Fsp3) is 0.692. The summed E-state index contributed by atoms with van der Waals surface area (Å²) in [7, 11) is 0. The maximum atomic E-state index is 11.9. The van der Waals surface area contributed by atoms with Crippen LogP contribution in [0, 0.1) is 0 Å². The Morgan fingerprint density at radius 2 is 1.82 bits per heavy atom. The van der Waals surface area contributed by atoms with Crippen molar-refractivity contribution in [2.45, 2.75) is 58.8 Å². The second-order valence-electron chi connectivity index (χ2n) is 5.38. The van der Waals surface area contributed by atoms with Crippen molar-refractivity contribution in [2.75, 3.05) is 0 Å². The Bertz CT molecular complexity index is 442. The van der Waals surface area contributed by atoms with Crippen LogP contribution in [0.2, 0.25) is 0 Å². The van der Waals surface area contributed by atoms with Gasteiger partial charge in [-0.1, -0.05) is 34.6 Å². The number of aromatic amines is 1. The lowest BCUT2D eigenvalue weighted by Crippen LogP contribution is -2.24. The summed E-state index contributed by atoms with van der Waals surface area (Å²) in [4.78, 5) is 19.4. The van der Waals surface area contributed by atoms with Crippen molar-refractivity contribution < 1.29 is 0 Å². The summed E-state index contributed by atoms with van der Waals surface area (Å²) in [6, 6.07) is 0. The van der Waals surface area contributed by atoms with Gasteiger partial charge in [-0.25, -0.2) is 4.98 Å². The van der Waals surface area contributed by atoms with Gasteiger partial charge >= 0.3 is 0 Å². The van der Waals surface area contributed by atoms with Crippen LogP contribution in [-0.2, 0) is 5.41 Å². The standard InChI is InChI=1S/C13H21BrN2O/c1-6-8(7-2)11-15-10(13(3,4)5)9(14)12(17)16-11/h8H,6-7H2,1-5H3,(H,15,16,17). The van der Waals surface area contributed by atoms with Gasteiger partial charge in [-0.05, 0) is 28.8 Å². The first-order chi connectivity index (χ1) is 7.81. The van der Waals surface area contributed by atoms with E-state index in [1.54, 1.807) is 0 Å². The zero-order chi connectivity index (χ0) is 13.2. The summed E-state index contributed by atoms with van der Waals surface area (Å²) in [5.74, 6) is 1.14. The molecule has 0 aliphatic heterocycles. The van der Waals surface area contributed by atoms with E-state index >= 15 is 0 Å². The molecule has 96 valence electrons. The average molecular weight is 301 g/mol. The van der Waals surface area contributed by atoms with Crippen LogP contribution < -0.4 is 5.56 Å². The van der Waals surface area contributed by atoms with Gasteiger partial charge in [-0.2, -0.15) is 0 Å². The number of aromatic nitrogens is 2. The third-order valence-corrected chi connectivity index (χ3v) is 3.70. The molecule has 0 amide bonds. The van der Waals surface area contributed by atoms with Crippen LogP contribution >= 0.6 is 15.9 Å². The summed E-state index contributed by atoms with van der Waals surface area (Å²) in [5.41, 5.74) is 0.628. The minimum absolute atomic E-state index is 0.0770. The molecule has 0 saturated carbocycles. The van der Waals surface area contributed by atoms with Crippen molar-refractivity contribution in [2.24, 2.45) is 0 Å². The van der Waals surface area contributed by atoms with Gasteiger partial charge in [-0.3, -0.25) is 4.79 Å². The van der Waals surface area contributed by atoms with Gasteiger partial charge in [0.05, 0.1) is 5.69 Å². The van der Waals surface area contributed by atoms with Gasteiger partial charge in [0.2, 0.25) is 0 Å². The lowest BCUT2D eigenvalue weighted by molar-refractivity contribution is 0.535. The van der Waals surface area contributed by atoms with Gasteiger partial charge in [0.15, 0.2) is 0 Å². The van der Waals surface area contributed by atoms with Crippen molar-refractivity contribution in [3.63, 3.8) is 0 Å². The van der Waals surface area contributed by atoms with Gasteiger partial charge in [-0.15, -0.1) is 0 Å². The van der Waals surface area contributed by atoms with Gasteiger partial charge in [0, 0.05) is 11.3 Å². The molecule has 1 rings (SSSR count). The van der Waals surface area contributed by atoms with Gasteiger partial charge in [0.1, 0.15) is 10.3 Å². The van der Waals surface area contributed by atoms with Crippen molar-refractivity contribution in [1.82, 2.24) is 9.97 Å². The van der Waals surface area contributed by atoms with Crippen molar-refractivity contribution >= 4 is 15.9 Å². The maximum absolute atomic E-state index is 11.9. The summed E-state index contributed by atoms with van der Waals surface area (Å²) in [5, 5.41) is 0. The van der Waals surface area contributed by atoms with E-state index in [0.717, 1.165) is 24.4 Å². The predicted molar refractivity (Wildman–Crippen MR) is 74.6 cm³/mol. The summed E-state index contributed by atoms with van der Waals surface area (Å²) >= 11 is 3.34. The summed E-state index contributed by atoms with van der Waals surface area (Å²) in [6.45, 7) is 10.4. The smallest absolute Gasteiger partial charge is 0.265 e. The number of halogens is 1. The normalized spacial score (nSPS) is 12.2. The number of nitrogens with one attached hydrogen (secondary N) is 1. The molecule has 1 N–H and O–H groups in total. The predicted octanol–water partition coefficient (Wildman–Crippen LogP) is 3.73. The highest BCUT2D eigenvalue weighted by atomic mass is 79.9. The molecule has 0 aromatic carbocycles. The zero-order valence-electron chi connectivity index (χ0n) is 11.2. The highest BCUT2D eigenvalue weighted by Crippen LogP contribution is 2.27. The monoisotopic (exact) mass is 300 g/mol. The van der Waals surface area contributed by atoms with Crippen molar-refractivity contribution in [3.05, 3.63) is 26.3 Å². The van der Waals surface area contributed by atoms with Crippen LogP contribution in [-0.4, -0.2) is 9.97 Å². The van der Waals surface area contributed by atoms with E-state index in [4.69, 9.17) is 0 Å². The van der Waals surface area contributed by atoms with E-state index in [1.165, 1.54) is 0 Å². The van der Waals surface area contributed by atoms with E-state index < -0.39 is 0 Å². The Balaban J connectivity index is 3.39. The third-order valence-electron chi connectivity index (χ3n) is 2.96. The molecular weight excluding hydrogens is 280 g/mol. The van der Waals surface area contributed by atoms with Crippen LogP contribution in [0.1, 0.15) is 64.9 Å². The number of rotatable bonds is 3. The maximum Gasteiger partial charge on any atom is 0.265 e. The molecule has 0 saturated heterocycles. The zero-order valence-corrected chi connectivity index (χ0v) is 12.8. The first kappa shape index (κ1) is 14.4. The van der Waals surface area contributed by atoms with Crippen LogP contribution in [0.25, 0.3) is 0 Å². The first-order valence-electron chi connectivity index (χ1n) is 6.11. The molecule has 0 fully saturated rings. The number of H-pyrrole nitrogens is 1. The van der Waals surface area contributed by atoms with E-state index in [0.29, 0.717) is 10.4 Å². The van der Waals surface area contributed by atoms with Crippen LogP contribution in [0.5, 0.6) is 0 Å². The molecule has 0 atom stereocenters. The highest BCUT2D eigenvalue weighted by Gasteiger charge is 2.23. The highest BCUT2D eigenvalue weighted by molar-refractivity contribution is 9.10. The topological polar surface area (TPSA) is 45.8 Å². The molecule has 0 aliphatic rings. The molecule has 0 spiro atoms. The average Bonchev–Trinajstić information content (AvgIpc) is 2.23. The Morgan fingerprint density at radius 3 is 2.24 bits per heavy atom. The van der Waals surface area contributed by atoms with E-state index in [9.17, 15) is 4.79 Å². The number of nitrogens with zero attached hydrogens (tertiary/aromatic N) is 1. The molecule has 3 nitrogen and oxygen atoms in total. The molecule has 0 aliphatic carbocycles. The Hall–Kier alpha value is -0.640. The first-order valence-corrected chi connectivity index (χ1v) is 6.90. The van der Waals surface area contributed by atoms with Crippen LogP contribution in [0.4, 0.5) is 0 Å². The Labute approximate surface area is 111 Å². The molecule has 0 bridgehead atoms. The lowest BCUT2D eigenvalue weighted by atomic mass is 9.91. The fourth-order valence-electron chi connectivity index (χ4n) is 1.84. The van der Waals surface area contributed by atoms with Crippen molar-refractivity contribution in [1.29, 1.82) is 0 Å². The summed E-state index contributed by atoms with van der Waals surface area (Å²) in [6.07, 6.45) is 1.98. The molecule has 4 heteroatoms. The number of hydrogen-bond acceptors (Lipinski definition) is 2. The summed E-state index contributed by atoms with van der Waals surface area (Å²) < 4.78 is 0.555. The molecule has 1 aromatic rings. The quantitative estimate of drug-likeness (QED) is 0.924. The SMILES string of the molecule is CCC(CC)c1nc(C(C)(C)C)c(Br)c(=O)[nH]1. The second-order valence-corrected chi connectivity index (χ2v) is 6.17. The minimum atomic E-state index is -0.131. The van der Waals surface area contributed by atoms with Crippen molar-refractivity contribution in [3.8, 4) is 0 Å². The Kier molecular flexibility index (Phi) is 4.53. The van der Waals surface area contributed by atoms with Gasteiger partial charge < -0.3 is 4.98 Å². The fourth-order valence-corrected chi connectivity index (χ4v) is 2.62. The van der Waals surface area contributed by atoms with Crippen LogP contribution in [0.3, 0.4) is 0 Å². The number of hydrogen-bond donors (Lipinski definition) is 1. The molecule has 0 unspecified atom stereocenters. The molecular formula is C13H21BrN2O. The van der Waals surface area contributed by atoms with E-state index in [1.807, 2.05) is 0 Å². The van der Waals surface area contributed by atoms with E-state index in [2.05, 4.69) is 60.5 Å². The third kappa shape index (κ3) is 3.18. The van der Waals surface area contributed by atoms with Crippen LogP contribution in [0.15, 0.2) is 9.27 Å². The largest absolute Gasteiger partial charge is 0.309 e. The molecule has 17 heavy (non-hydrogen) atoms. The van der Waals surface area contributed by atoms with E-state index in [-0.39, 0.29) is 11.0 Å². The molecule has 1 aromatic heterocycles. The molecule has 0 radical (unpaired) electrons. The lowest BCUT2D eigenvalue weighted by Gasteiger charge is -2.21.